The van der Waals surface area contributed by atoms with Gasteiger partial charge in [0.05, 0.1) is 12.5 Å². The highest BCUT2D eigenvalue weighted by Gasteiger charge is 2.26. The zero-order valence-electron chi connectivity index (χ0n) is 24.2. The van der Waals surface area contributed by atoms with E-state index >= 15 is 0 Å². The molecule has 2 aromatic heterocycles. The fraction of sp³-hybridized carbons (Fsp3) is 0.200. The molecule has 9 heteroatoms. The van der Waals surface area contributed by atoms with Crippen molar-refractivity contribution in [3.8, 4) is 11.1 Å². The van der Waals surface area contributed by atoms with Crippen LogP contribution in [0.25, 0.3) is 22.0 Å². The number of aromatic nitrogens is 2. The molecular formula is C35H35N5O4. The number of hydrogen-bond acceptors (Lipinski definition) is 5. The van der Waals surface area contributed by atoms with Crippen LogP contribution in [0.2, 0.25) is 0 Å². The lowest BCUT2D eigenvalue weighted by Crippen LogP contribution is -2.49. The molecule has 224 valence electrons. The average Bonchev–Trinajstić information content (AvgIpc) is 3.46. The molecule has 0 aliphatic carbocycles. The first-order valence-electron chi connectivity index (χ1n) is 14.6. The lowest BCUT2D eigenvalue weighted by Gasteiger charge is -2.23. The van der Waals surface area contributed by atoms with Crippen molar-refractivity contribution in [3.05, 3.63) is 121 Å². The maximum Gasteiger partial charge on any atom is 0.305 e. The standard InChI is InChI=1S/C35H35N5O4/c41-33(14-8-20-37-32-13-6-7-19-36-32)39-31(22-28-21-27-11-4-5-12-29(27)38-28)35(44)40-30(23-34(42)43)26-17-15-25(16-18-26)24-9-2-1-3-10-24/h1-7,9-13,15-19,21,30-31,38H,8,14,20,22-23H2,(H,36,37)(H,39,41)(H,40,44)(H,42,43). The van der Waals surface area contributed by atoms with Crippen LogP contribution >= 0.6 is 0 Å². The Bertz CT molecular complexity index is 1650. The number of fused-ring (bicyclic) bond motifs is 1. The number of rotatable bonds is 14. The molecule has 0 aliphatic rings. The number of aliphatic carboxylic acids is 1. The van der Waals surface area contributed by atoms with Crippen molar-refractivity contribution in [2.75, 3.05) is 11.9 Å². The second-order valence-electron chi connectivity index (χ2n) is 10.6. The summed E-state index contributed by atoms with van der Waals surface area (Å²) in [7, 11) is 0. The van der Waals surface area contributed by atoms with Gasteiger partial charge in [0.1, 0.15) is 11.9 Å². The van der Waals surface area contributed by atoms with Crippen molar-refractivity contribution >= 4 is 34.5 Å². The minimum atomic E-state index is -1.04. The zero-order valence-corrected chi connectivity index (χ0v) is 24.2. The molecule has 2 heterocycles. The molecule has 2 atom stereocenters. The van der Waals surface area contributed by atoms with Crippen molar-refractivity contribution in [1.82, 2.24) is 20.6 Å². The minimum Gasteiger partial charge on any atom is -0.481 e. The zero-order chi connectivity index (χ0) is 30.7. The third-order valence-corrected chi connectivity index (χ3v) is 7.33. The quantitative estimate of drug-likeness (QED) is 0.109. The van der Waals surface area contributed by atoms with Gasteiger partial charge >= 0.3 is 5.97 Å². The van der Waals surface area contributed by atoms with E-state index in [9.17, 15) is 19.5 Å². The number of pyridine rings is 1. The summed E-state index contributed by atoms with van der Waals surface area (Å²) in [6, 6.07) is 30.9. The van der Waals surface area contributed by atoms with Gasteiger partial charge in [-0.1, -0.05) is 78.9 Å². The predicted molar refractivity (Wildman–Crippen MR) is 171 cm³/mol. The van der Waals surface area contributed by atoms with Crippen LogP contribution < -0.4 is 16.0 Å². The van der Waals surface area contributed by atoms with Gasteiger partial charge in [-0.2, -0.15) is 0 Å². The Morgan fingerprint density at radius 2 is 1.55 bits per heavy atom. The number of carboxylic acid groups (broad SMARTS) is 1. The molecule has 0 saturated heterocycles. The third-order valence-electron chi connectivity index (χ3n) is 7.33. The Labute approximate surface area is 255 Å². The van der Waals surface area contributed by atoms with Crippen LogP contribution in [0, 0.1) is 0 Å². The fourth-order valence-electron chi connectivity index (χ4n) is 5.11. The molecule has 2 amide bonds. The smallest absolute Gasteiger partial charge is 0.305 e. The second-order valence-corrected chi connectivity index (χ2v) is 10.6. The molecule has 44 heavy (non-hydrogen) atoms. The fourth-order valence-corrected chi connectivity index (χ4v) is 5.11. The van der Waals surface area contributed by atoms with Gasteiger partial charge in [0.2, 0.25) is 11.8 Å². The van der Waals surface area contributed by atoms with Crippen LogP contribution in [0.3, 0.4) is 0 Å². The molecule has 0 aliphatic heterocycles. The molecule has 0 spiro atoms. The van der Waals surface area contributed by atoms with Gasteiger partial charge in [0.25, 0.3) is 0 Å². The van der Waals surface area contributed by atoms with E-state index in [-0.39, 0.29) is 25.2 Å². The number of nitrogens with zero attached hydrogens (tertiary/aromatic N) is 1. The van der Waals surface area contributed by atoms with E-state index in [2.05, 4.69) is 25.9 Å². The van der Waals surface area contributed by atoms with Gasteiger partial charge < -0.3 is 26.0 Å². The highest BCUT2D eigenvalue weighted by molar-refractivity contribution is 5.89. The first-order valence-corrected chi connectivity index (χ1v) is 14.6. The summed E-state index contributed by atoms with van der Waals surface area (Å²) in [6.45, 7) is 0.545. The number of benzene rings is 3. The summed E-state index contributed by atoms with van der Waals surface area (Å²) in [6.07, 6.45) is 2.35. The summed E-state index contributed by atoms with van der Waals surface area (Å²) in [5.41, 5.74) is 4.39. The van der Waals surface area contributed by atoms with Gasteiger partial charge in [-0.15, -0.1) is 0 Å². The second kappa shape index (κ2) is 14.6. The molecular weight excluding hydrogens is 554 g/mol. The summed E-state index contributed by atoms with van der Waals surface area (Å²) < 4.78 is 0. The molecule has 5 N–H and O–H groups in total. The highest BCUT2D eigenvalue weighted by atomic mass is 16.4. The van der Waals surface area contributed by atoms with Gasteiger partial charge in [0, 0.05) is 36.8 Å². The van der Waals surface area contributed by atoms with Crippen LogP contribution in [0.5, 0.6) is 0 Å². The van der Waals surface area contributed by atoms with Crippen LogP contribution in [-0.4, -0.2) is 45.4 Å². The molecule has 3 aromatic carbocycles. The Kier molecular flexibility index (Phi) is 9.99. The molecule has 5 aromatic rings. The minimum absolute atomic E-state index is 0.204. The topological polar surface area (TPSA) is 136 Å². The van der Waals surface area contributed by atoms with Gasteiger partial charge in [0.15, 0.2) is 0 Å². The lowest BCUT2D eigenvalue weighted by molar-refractivity contribution is -0.138. The Hall–Kier alpha value is -5.44. The first kappa shape index (κ1) is 30.0. The summed E-state index contributed by atoms with van der Waals surface area (Å²) in [5.74, 6) is -1.04. The van der Waals surface area contributed by atoms with E-state index in [4.69, 9.17) is 0 Å². The first-order chi connectivity index (χ1) is 21.4. The van der Waals surface area contributed by atoms with Crippen molar-refractivity contribution in [3.63, 3.8) is 0 Å². The molecule has 0 bridgehead atoms. The number of aromatic amines is 1. The number of anilines is 1. The van der Waals surface area contributed by atoms with Crippen molar-refractivity contribution in [1.29, 1.82) is 0 Å². The van der Waals surface area contributed by atoms with E-state index in [1.165, 1.54) is 0 Å². The van der Waals surface area contributed by atoms with Crippen molar-refractivity contribution in [2.45, 2.75) is 37.8 Å². The van der Waals surface area contributed by atoms with Gasteiger partial charge in [-0.3, -0.25) is 14.4 Å². The molecule has 5 rings (SSSR count). The van der Waals surface area contributed by atoms with Crippen LogP contribution in [0.1, 0.15) is 36.6 Å². The average molecular weight is 590 g/mol. The number of hydrogen-bond donors (Lipinski definition) is 5. The number of H-pyrrole nitrogens is 1. The van der Waals surface area contributed by atoms with Crippen molar-refractivity contribution in [2.24, 2.45) is 0 Å². The molecule has 2 unspecified atom stereocenters. The van der Waals surface area contributed by atoms with Crippen LogP contribution in [0.4, 0.5) is 5.82 Å². The number of carbonyl (C=O) groups excluding carboxylic acids is 2. The van der Waals surface area contributed by atoms with Crippen LogP contribution in [0.15, 0.2) is 109 Å². The Balaban J connectivity index is 1.29. The van der Waals surface area contributed by atoms with E-state index in [0.29, 0.717) is 18.5 Å². The Morgan fingerprint density at radius 3 is 2.27 bits per heavy atom. The van der Waals surface area contributed by atoms with Gasteiger partial charge in [-0.25, -0.2) is 4.98 Å². The maximum absolute atomic E-state index is 13.7. The Morgan fingerprint density at radius 1 is 0.818 bits per heavy atom. The highest BCUT2D eigenvalue weighted by Crippen LogP contribution is 2.24. The number of carbonyl (C=O) groups is 3. The maximum atomic E-state index is 13.7. The number of carboxylic acids is 1. The number of nitrogens with one attached hydrogen (secondary N) is 4. The molecule has 0 fully saturated rings. The predicted octanol–water partition coefficient (Wildman–Crippen LogP) is 5.48. The van der Waals surface area contributed by atoms with Crippen LogP contribution in [-0.2, 0) is 20.8 Å². The SMILES string of the molecule is O=C(O)CC(NC(=O)C(Cc1cc2ccccc2[nH]1)NC(=O)CCCNc1ccccn1)c1ccc(-c2ccccc2)cc1. The third kappa shape index (κ3) is 8.32. The molecule has 9 nitrogen and oxygen atoms in total. The van der Waals surface area contributed by atoms with E-state index in [1.54, 1.807) is 6.20 Å². The van der Waals surface area contributed by atoms with Gasteiger partial charge in [-0.05, 0) is 52.8 Å². The van der Waals surface area contributed by atoms with E-state index < -0.39 is 24.0 Å². The van der Waals surface area contributed by atoms with E-state index in [0.717, 1.165) is 33.5 Å². The molecule has 0 radical (unpaired) electrons. The lowest BCUT2D eigenvalue weighted by atomic mass is 9.98. The number of amides is 2. The normalized spacial score (nSPS) is 12.3. The summed E-state index contributed by atoms with van der Waals surface area (Å²) in [4.78, 5) is 46.1. The summed E-state index contributed by atoms with van der Waals surface area (Å²) in [5, 5.41) is 19.6. The van der Waals surface area contributed by atoms with Crippen molar-refractivity contribution < 1.29 is 19.5 Å². The summed E-state index contributed by atoms with van der Waals surface area (Å²) >= 11 is 0. The molecule has 0 saturated carbocycles. The van der Waals surface area contributed by atoms with E-state index in [1.807, 2.05) is 103 Å². The largest absolute Gasteiger partial charge is 0.481 e. The monoisotopic (exact) mass is 589 g/mol. The number of para-hydroxylation sites is 1.